The molecule has 0 saturated heterocycles. The van der Waals surface area contributed by atoms with E-state index in [1.165, 1.54) is 0 Å². The van der Waals surface area contributed by atoms with Crippen LogP contribution in [0.1, 0.15) is 19.3 Å². The Morgan fingerprint density at radius 3 is 2.33 bits per heavy atom. The van der Waals surface area contributed by atoms with Crippen LogP contribution in [-0.4, -0.2) is 17.4 Å². The maximum atomic E-state index is 11.5. The van der Waals surface area contributed by atoms with Gasteiger partial charge in [0.25, 0.3) is 0 Å². The van der Waals surface area contributed by atoms with Gasteiger partial charge >= 0.3 is 5.51 Å². The Morgan fingerprint density at radius 2 is 1.83 bits per heavy atom. The minimum Gasteiger partial charge on any atom is -0.308 e. The molecule has 12 heavy (non-hydrogen) atoms. The molecule has 0 aromatic rings. The average molecular weight is 267 g/mol. The van der Waals surface area contributed by atoms with Gasteiger partial charge < -0.3 is 4.18 Å². The van der Waals surface area contributed by atoms with Gasteiger partial charge in [0, 0.05) is 5.33 Å². The van der Waals surface area contributed by atoms with Crippen molar-refractivity contribution in [3.8, 4) is 0 Å². The van der Waals surface area contributed by atoms with E-state index in [2.05, 4.69) is 20.1 Å². The van der Waals surface area contributed by atoms with Gasteiger partial charge in [0.1, 0.15) is 12.0 Å². The van der Waals surface area contributed by atoms with E-state index in [1.807, 2.05) is 0 Å². The first-order valence-electron chi connectivity index (χ1n) is 3.49. The summed E-state index contributed by atoms with van der Waals surface area (Å²) in [7, 11) is 0. The van der Waals surface area contributed by atoms with Gasteiger partial charge in [-0.2, -0.15) is 13.2 Å². The van der Waals surface area contributed by atoms with Gasteiger partial charge in [0.2, 0.25) is 0 Å². The fourth-order valence-electron chi connectivity index (χ4n) is 0.541. The minimum atomic E-state index is -4.27. The largest absolute Gasteiger partial charge is 0.467 e. The molecule has 0 amide bonds. The number of hydrogen-bond acceptors (Lipinski definition) is 2. The maximum Gasteiger partial charge on any atom is 0.467 e. The van der Waals surface area contributed by atoms with Crippen molar-refractivity contribution >= 4 is 28.0 Å². The zero-order valence-corrected chi connectivity index (χ0v) is 8.77. The molecular formula is C6H10BrF3OS. The number of rotatable bonds is 6. The van der Waals surface area contributed by atoms with Gasteiger partial charge in [-0.15, -0.1) is 0 Å². The summed E-state index contributed by atoms with van der Waals surface area (Å²) in [6.45, 7) is 0.164. The third-order valence-electron chi connectivity index (χ3n) is 1.01. The highest BCUT2D eigenvalue weighted by Crippen LogP contribution is 2.30. The first kappa shape index (κ1) is 12.6. The Bertz CT molecular complexity index is 109. The summed E-state index contributed by atoms with van der Waals surface area (Å²) in [5.74, 6) is 0. The van der Waals surface area contributed by atoms with Gasteiger partial charge in [-0.25, -0.2) is 0 Å². The number of alkyl halides is 4. The summed E-state index contributed by atoms with van der Waals surface area (Å²) in [4.78, 5) is 0. The molecule has 0 fully saturated rings. The lowest BCUT2D eigenvalue weighted by Gasteiger charge is -2.04. The standard InChI is InChI=1S/C6H10BrF3OS/c7-4-2-1-3-5-11-12-6(8,9)10/h1-5H2. The second-order valence-electron chi connectivity index (χ2n) is 2.10. The lowest BCUT2D eigenvalue weighted by Crippen LogP contribution is -2.01. The van der Waals surface area contributed by atoms with E-state index in [4.69, 9.17) is 0 Å². The molecule has 6 heteroatoms. The molecule has 0 rings (SSSR count). The molecule has 0 spiro atoms. The molecule has 1 nitrogen and oxygen atoms in total. The first-order chi connectivity index (χ1) is 5.56. The van der Waals surface area contributed by atoms with Crippen LogP contribution < -0.4 is 0 Å². The van der Waals surface area contributed by atoms with E-state index in [-0.39, 0.29) is 6.61 Å². The van der Waals surface area contributed by atoms with Gasteiger partial charge in [0.05, 0.1) is 6.61 Å². The quantitative estimate of drug-likeness (QED) is 0.412. The second-order valence-corrected chi connectivity index (χ2v) is 3.76. The SMILES string of the molecule is FC(F)(F)SOCCCCCBr. The Kier molecular flexibility index (Phi) is 7.37. The van der Waals surface area contributed by atoms with Crippen LogP contribution in [0, 0.1) is 0 Å². The molecule has 0 aliphatic carbocycles. The van der Waals surface area contributed by atoms with E-state index < -0.39 is 17.6 Å². The molecule has 0 aromatic carbocycles. The van der Waals surface area contributed by atoms with Crippen molar-refractivity contribution in [3.05, 3.63) is 0 Å². The summed E-state index contributed by atoms with van der Waals surface area (Å²) in [6, 6.07) is 0. The fraction of sp³-hybridized carbons (Fsp3) is 1.00. The van der Waals surface area contributed by atoms with Gasteiger partial charge in [-0.3, -0.25) is 0 Å². The number of unbranched alkanes of at least 4 members (excludes halogenated alkanes) is 2. The van der Waals surface area contributed by atoms with Crippen LogP contribution in [0.2, 0.25) is 0 Å². The van der Waals surface area contributed by atoms with Crippen molar-refractivity contribution < 1.29 is 17.4 Å². The van der Waals surface area contributed by atoms with Gasteiger partial charge in [0.15, 0.2) is 0 Å². The Balaban J connectivity index is 3.01. The molecule has 0 bridgehead atoms. The zero-order chi connectivity index (χ0) is 9.45. The molecule has 0 heterocycles. The van der Waals surface area contributed by atoms with Crippen molar-refractivity contribution in [2.24, 2.45) is 0 Å². The highest BCUT2D eigenvalue weighted by Gasteiger charge is 2.29. The first-order valence-corrected chi connectivity index (χ1v) is 5.36. The third kappa shape index (κ3) is 10.6. The predicted molar refractivity (Wildman–Crippen MR) is 47.2 cm³/mol. The summed E-state index contributed by atoms with van der Waals surface area (Å²) in [6.07, 6.45) is 2.54. The highest BCUT2D eigenvalue weighted by atomic mass is 79.9. The monoisotopic (exact) mass is 266 g/mol. The molecule has 0 aliphatic rings. The maximum absolute atomic E-state index is 11.5. The highest BCUT2D eigenvalue weighted by molar-refractivity contribution is 9.09. The minimum absolute atomic E-state index is 0.164. The van der Waals surface area contributed by atoms with E-state index >= 15 is 0 Å². The van der Waals surface area contributed by atoms with Crippen LogP contribution in [0.5, 0.6) is 0 Å². The number of hydrogen-bond donors (Lipinski definition) is 0. The topological polar surface area (TPSA) is 9.23 Å². The second kappa shape index (κ2) is 7.03. The smallest absolute Gasteiger partial charge is 0.308 e. The zero-order valence-electron chi connectivity index (χ0n) is 6.36. The average Bonchev–Trinajstić information content (AvgIpc) is 1.94. The molecule has 74 valence electrons. The summed E-state index contributed by atoms with van der Waals surface area (Å²) >= 11 is 2.80. The van der Waals surface area contributed by atoms with Crippen molar-refractivity contribution in [1.29, 1.82) is 0 Å². The summed E-state index contributed by atoms with van der Waals surface area (Å²) < 4.78 is 38.7. The Labute approximate surface area is 82.4 Å². The molecule has 0 radical (unpaired) electrons. The summed E-state index contributed by atoms with van der Waals surface area (Å²) in [5, 5.41) is 0.888. The Hall–Kier alpha value is 0.580. The van der Waals surface area contributed by atoms with Crippen molar-refractivity contribution in [3.63, 3.8) is 0 Å². The van der Waals surface area contributed by atoms with Crippen LogP contribution >= 0.6 is 28.0 Å². The molecule has 0 aromatic heterocycles. The molecule has 0 aliphatic heterocycles. The van der Waals surface area contributed by atoms with E-state index in [9.17, 15) is 13.2 Å². The molecule has 0 saturated carbocycles. The summed E-state index contributed by atoms with van der Waals surface area (Å²) in [5.41, 5.74) is -4.27. The molecule has 0 atom stereocenters. The van der Waals surface area contributed by atoms with Crippen LogP contribution in [0.4, 0.5) is 13.2 Å². The van der Waals surface area contributed by atoms with Crippen LogP contribution in [-0.2, 0) is 4.18 Å². The van der Waals surface area contributed by atoms with E-state index in [0.29, 0.717) is 6.42 Å². The third-order valence-corrected chi connectivity index (χ3v) is 2.05. The lowest BCUT2D eigenvalue weighted by atomic mass is 10.3. The number of halogens is 4. The molecular weight excluding hydrogens is 257 g/mol. The lowest BCUT2D eigenvalue weighted by molar-refractivity contribution is -0.0397. The van der Waals surface area contributed by atoms with Crippen LogP contribution in [0.25, 0.3) is 0 Å². The van der Waals surface area contributed by atoms with Crippen LogP contribution in [0.3, 0.4) is 0 Å². The van der Waals surface area contributed by atoms with Gasteiger partial charge in [-0.05, 0) is 12.8 Å². The molecule has 0 unspecified atom stereocenters. The molecule has 0 N–H and O–H groups in total. The Morgan fingerprint density at radius 1 is 1.17 bits per heavy atom. The van der Waals surface area contributed by atoms with E-state index in [1.54, 1.807) is 0 Å². The van der Waals surface area contributed by atoms with Crippen molar-refractivity contribution in [1.82, 2.24) is 0 Å². The van der Waals surface area contributed by atoms with Crippen molar-refractivity contribution in [2.45, 2.75) is 24.8 Å². The van der Waals surface area contributed by atoms with Crippen LogP contribution in [0.15, 0.2) is 0 Å². The van der Waals surface area contributed by atoms with Crippen molar-refractivity contribution in [2.75, 3.05) is 11.9 Å². The predicted octanol–water partition coefficient (Wildman–Crippen LogP) is 3.74. The van der Waals surface area contributed by atoms with E-state index in [0.717, 1.165) is 18.2 Å². The fourth-order valence-corrected chi connectivity index (χ4v) is 1.27. The normalized spacial score (nSPS) is 12.0. The van der Waals surface area contributed by atoms with Gasteiger partial charge in [-0.1, -0.05) is 22.4 Å².